The molecule has 2 aliphatic rings. The Hall–Kier alpha value is -3.68. The van der Waals surface area contributed by atoms with E-state index in [0.717, 1.165) is 16.2 Å². The number of ether oxygens (including phenoxy) is 2. The Morgan fingerprint density at radius 2 is 1.79 bits per heavy atom. The van der Waals surface area contributed by atoms with Crippen LogP contribution in [0.3, 0.4) is 0 Å². The highest BCUT2D eigenvalue weighted by Gasteiger charge is 2.45. The molecule has 4 rings (SSSR count). The van der Waals surface area contributed by atoms with E-state index in [4.69, 9.17) is 9.47 Å². The zero-order valence-electron chi connectivity index (χ0n) is 15.6. The van der Waals surface area contributed by atoms with Crippen LogP contribution in [0.25, 0.3) is 0 Å². The number of amides is 4. The number of carbonyl (C=O) groups excluding carboxylic acids is 4. The molecular formula is C21H18N2O6. The van der Waals surface area contributed by atoms with Crippen molar-refractivity contribution in [2.75, 3.05) is 7.11 Å². The van der Waals surface area contributed by atoms with E-state index in [2.05, 4.69) is 5.32 Å². The predicted molar refractivity (Wildman–Crippen MR) is 100 cm³/mol. The molecular weight excluding hydrogens is 376 g/mol. The van der Waals surface area contributed by atoms with Gasteiger partial charge in [-0.1, -0.05) is 18.2 Å². The van der Waals surface area contributed by atoms with Crippen molar-refractivity contribution in [3.63, 3.8) is 0 Å². The van der Waals surface area contributed by atoms with Gasteiger partial charge in [-0.3, -0.25) is 29.4 Å². The molecule has 2 aromatic carbocycles. The highest BCUT2D eigenvalue weighted by molar-refractivity contribution is 6.24. The minimum absolute atomic E-state index is 0.0740. The summed E-state index contributed by atoms with van der Waals surface area (Å²) >= 11 is 0. The van der Waals surface area contributed by atoms with E-state index in [1.165, 1.54) is 6.07 Å². The molecule has 2 aromatic rings. The molecule has 1 unspecified atom stereocenters. The summed E-state index contributed by atoms with van der Waals surface area (Å²) in [6.45, 7) is 0.195. The number of fused-ring (bicyclic) bond motifs is 1. The molecule has 0 bridgehead atoms. The van der Waals surface area contributed by atoms with E-state index in [1.807, 2.05) is 12.1 Å². The number of nitrogens with one attached hydrogen (secondary N) is 1. The van der Waals surface area contributed by atoms with Crippen molar-refractivity contribution in [1.82, 2.24) is 10.2 Å². The minimum Gasteiger partial charge on any atom is -0.497 e. The zero-order chi connectivity index (χ0) is 20.5. The van der Waals surface area contributed by atoms with Gasteiger partial charge >= 0.3 is 0 Å². The third-order valence-corrected chi connectivity index (χ3v) is 4.98. The number of benzene rings is 2. The number of rotatable bonds is 5. The highest BCUT2D eigenvalue weighted by atomic mass is 16.5. The second-order valence-corrected chi connectivity index (χ2v) is 6.76. The summed E-state index contributed by atoms with van der Waals surface area (Å²) in [5.41, 5.74) is 1.19. The molecule has 1 atom stereocenters. The Labute approximate surface area is 166 Å². The van der Waals surface area contributed by atoms with Crippen LogP contribution in [0.4, 0.5) is 0 Å². The third kappa shape index (κ3) is 3.33. The molecule has 0 aliphatic carbocycles. The molecule has 1 N–H and O–H groups in total. The third-order valence-electron chi connectivity index (χ3n) is 4.98. The molecule has 0 spiro atoms. The summed E-state index contributed by atoms with van der Waals surface area (Å²) < 4.78 is 10.9. The monoisotopic (exact) mass is 394 g/mol. The van der Waals surface area contributed by atoms with E-state index in [0.29, 0.717) is 0 Å². The molecule has 8 nitrogen and oxygen atoms in total. The second-order valence-electron chi connectivity index (χ2n) is 6.76. The number of nitrogens with zero attached hydrogens (tertiary/aromatic N) is 1. The average molecular weight is 394 g/mol. The van der Waals surface area contributed by atoms with Crippen LogP contribution >= 0.6 is 0 Å². The van der Waals surface area contributed by atoms with Crippen molar-refractivity contribution < 1.29 is 28.7 Å². The fourth-order valence-electron chi connectivity index (χ4n) is 3.49. The molecule has 0 radical (unpaired) electrons. The minimum atomic E-state index is -1.01. The average Bonchev–Trinajstić information content (AvgIpc) is 2.98. The Kier molecular flexibility index (Phi) is 4.75. The van der Waals surface area contributed by atoms with E-state index in [1.54, 1.807) is 31.4 Å². The van der Waals surface area contributed by atoms with Gasteiger partial charge in [-0.05, 0) is 36.2 Å². The molecule has 4 amide bonds. The lowest BCUT2D eigenvalue weighted by Gasteiger charge is -2.27. The van der Waals surface area contributed by atoms with E-state index >= 15 is 0 Å². The molecule has 1 saturated heterocycles. The summed E-state index contributed by atoms with van der Waals surface area (Å²) in [7, 11) is 1.58. The van der Waals surface area contributed by atoms with Crippen molar-refractivity contribution in [2.24, 2.45) is 0 Å². The lowest BCUT2D eigenvalue weighted by atomic mass is 10.0. The van der Waals surface area contributed by atoms with Gasteiger partial charge in [0.1, 0.15) is 24.1 Å². The molecule has 0 aromatic heterocycles. The highest BCUT2D eigenvalue weighted by Crippen LogP contribution is 2.34. The van der Waals surface area contributed by atoms with Gasteiger partial charge in [0.15, 0.2) is 0 Å². The Morgan fingerprint density at radius 3 is 2.48 bits per heavy atom. The molecule has 29 heavy (non-hydrogen) atoms. The van der Waals surface area contributed by atoms with Gasteiger partial charge < -0.3 is 9.47 Å². The predicted octanol–water partition coefficient (Wildman–Crippen LogP) is 1.68. The SMILES string of the molecule is COc1ccc(COc2cccc3c2C(=O)N(C2CCC(=O)NC2=O)C3=O)cc1. The smallest absolute Gasteiger partial charge is 0.266 e. The maximum absolute atomic E-state index is 13.0. The fourth-order valence-corrected chi connectivity index (χ4v) is 3.49. The summed E-state index contributed by atoms with van der Waals surface area (Å²) in [5.74, 6) is -1.22. The lowest BCUT2D eigenvalue weighted by Crippen LogP contribution is -2.54. The summed E-state index contributed by atoms with van der Waals surface area (Å²) in [5, 5.41) is 2.18. The van der Waals surface area contributed by atoms with Crippen LogP contribution in [0.15, 0.2) is 42.5 Å². The largest absolute Gasteiger partial charge is 0.497 e. The summed E-state index contributed by atoms with van der Waals surface area (Å²) in [6.07, 6.45) is 0.183. The fraction of sp³-hybridized carbons (Fsp3) is 0.238. The molecule has 0 saturated carbocycles. The van der Waals surface area contributed by atoms with Crippen LogP contribution in [0.1, 0.15) is 39.1 Å². The first kappa shape index (κ1) is 18.7. The van der Waals surface area contributed by atoms with Crippen LogP contribution < -0.4 is 14.8 Å². The van der Waals surface area contributed by atoms with Crippen molar-refractivity contribution >= 4 is 23.6 Å². The maximum Gasteiger partial charge on any atom is 0.266 e. The van der Waals surface area contributed by atoms with Gasteiger partial charge in [0.25, 0.3) is 11.8 Å². The molecule has 2 aliphatic heterocycles. The first-order valence-electron chi connectivity index (χ1n) is 9.10. The van der Waals surface area contributed by atoms with Gasteiger partial charge in [0.2, 0.25) is 11.8 Å². The maximum atomic E-state index is 13.0. The first-order chi connectivity index (χ1) is 14.0. The number of methoxy groups -OCH3 is 1. The zero-order valence-corrected chi connectivity index (χ0v) is 15.6. The lowest BCUT2D eigenvalue weighted by molar-refractivity contribution is -0.136. The standard InChI is InChI=1S/C21H18N2O6/c1-28-13-7-5-12(6-8-13)11-29-16-4-2-3-14-18(16)21(27)23(20(14)26)15-9-10-17(24)22-19(15)25/h2-8,15H,9-11H2,1H3,(H,22,24,25). The Bertz CT molecular complexity index is 1010. The van der Waals surface area contributed by atoms with Crippen LogP contribution in [-0.4, -0.2) is 41.7 Å². The number of piperidine rings is 1. The van der Waals surface area contributed by atoms with Gasteiger partial charge in [-0.15, -0.1) is 0 Å². The van der Waals surface area contributed by atoms with Gasteiger partial charge in [-0.25, -0.2) is 0 Å². The molecule has 1 fully saturated rings. The van der Waals surface area contributed by atoms with Crippen LogP contribution in [-0.2, 0) is 16.2 Å². The second kappa shape index (κ2) is 7.38. The Morgan fingerprint density at radius 1 is 1.03 bits per heavy atom. The molecule has 2 heterocycles. The van der Waals surface area contributed by atoms with Crippen LogP contribution in [0.2, 0.25) is 0 Å². The quantitative estimate of drug-likeness (QED) is 0.774. The van der Waals surface area contributed by atoms with Crippen molar-refractivity contribution in [3.8, 4) is 11.5 Å². The van der Waals surface area contributed by atoms with Gasteiger partial charge in [0.05, 0.1) is 18.2 Å². The number of imide groups is 2. The van der Waals surface area contributed by atoms with Gasteiger partial charge in [0, 0.05) is 6.42 Å². The summed E-state index contributed by atoms with van der Waals surface area (Å²) in [6, 6.07) is 11.0. The normalized spacial score (nSPS) is 18.5. The van der Waals surface area contributed by atoms with Crippen LogP contribution in [0, 0.1) is 0 Å². The van der Waals surface area contributed by atoms with Gasteiger partial charge in [-0.2, -0.15) is 0 Å². The van der Waals surface area contributed by atoms with Crippen molar-refractivity contribution in [2.45, 2.75) is 25.5 Å². The van der Waals surface area contributed by atoms with Crippen LogP contribution in [0.5, 0.6) is 11.5 Å². The number of carbonyl (C=O) groups is 4. The van der Waals surface area contributed by atoms with Crippen molar-refractivity contribution in [1.29, 1.82) is 0 Å². The van der Waals surface area contributed by atoms with E-state index in [9.17, 15) is 19.2 Å². The number of hydrogen-bond acceptors (Lipinski definition) is 6. The topological polar surface area (TPSA) is 102 Å². The van der Waals surface area contributed by atoms with E-state index in [-0.39, 0.29) is 36.3 Å². The van der Waals surface area contributed by atoms with E-state index < -0.39 is 29.7 Å². The molecule has 148 valence electrons. The summed E-state index contributed by atoms with van der Waals surface area (Å²) in [4.78, 5) is 50.3. The molecule has 8 heteroatoms. The van der Waals surface area contributed by atoms with Crippen molar-refractivity contribution in [3.05, 3.63) is 59.2 Å². The number of hydrogen-bond donors (Lipinski definition) is 1. The Balaban J connectivity index is 1.57. The first-order valence-corrected chi connectivity index (χ1v) is 9.10.